The van der Waals surface area contributed by atoms with Gasteiger partial charge in [0, 0.05) is 48.7 Å². The number of carbonyl (C=O) groups is 1. The molecule has 1 aromatic heterocycles. The molecular weight excluding hydrogens is 264 g/mol. The van der Waals surface area contributed by atoms with Gasteiger partial charge in [0.2, 0.25) is 0 Å². The molecule has 0 radical (unpaired) electrons. The third kappa shape index (κ3) is 3.52. The average molecular weight is 286 g/mol. The number of aryl methyl sites for hydroxylation is 1. The lowest BCUT2D eigenvalue weighted by molar-refractivity contribution is -0.108. The Bertz CT molecular complexity index is 629. The quantitative estimate of drug-likeness (QED) is 0.599. The summed E-state index contributed by atoms with van der Waals surface area (Å²) in [5, 5.41) is 4.80. The molecule has 1 saturated carbocycles. The number of hydrogen-bond acceptors (Lipinski definition) is 3. The van der Waals surface area contributed by atoms with Crippen LogP contribution in [0.15, 0.2) is 24.4 Å². The molecule has 112 valence electrons. The minimum Gasteiger partial charge on any atom is -0.376 e. The van der Waals surface area contributed by atoms with Crippen LogP contribution in [0, 0.1) is 0 Å². The lowest BCUT2D eigenvalue weighted by Gasteiger charge is -2.05. The highest BCUT2D eigenvalue weighted by Crippen LogP contribution is 2.24. The number of fused-ring (bicyclic) bond motifs is 1. The first-order valence-electron chi connectivity index (χ1n) is 7.59. The van der Waals surface area contributed by atoms with Crippen molar-refractivity contribution in [2.24, 2.45) is 7.05 Å². The summed E-state index contributed by atoms with van der Waals surface area (Å²) in [6.45, 7) is 1.98. The maximum absolute atomic E-state index is 10.3. The summed E-state index contributed by atoms with van der Waals surface area (Å²) >= 11 is 0. The number of carbonyl (C=O) groups excluding carboxylic acids is 1. The first-order chi connectivity index (χ1) is 10.3. The summed E-state index contributed by atoms with van der Waals surface area (Å²) < 4.78 is 7.70. The Morgan fingerprint density at radius 3 is 3.05 bits per heavy atom. The topological polar surface area (TPSA) is 43.3 Å². The van der Waals surface area contributed by atoms with Crippen molar-refractivity contribution < 1.29 is 9.53 Å². The lowest BCUT2D eigenvalue weighted by atomic mass is 10.1. The lowest BCUT2D eigenvalue weighted by Crippen LogP contribution is -2.15. The minimum absolute atomic E-state index is 0.460. The Hall–Kier alpha value is -1.65. The molecule has 0 aliphatic heterocycles. The van der Waals surface area contributed by atoms with E-state index in [4.69, 9.17) is 4.74 Å². The summed E-state index contributed by atoms with van der Waals surface area (Å²) in [6, 6.07) is 7.34. The average Bonchev–Trinajstić information content (AvgIpc) is 3.27. The van der Waals surface area contributed by atoms with Gasteiger partial charge in [0.1, 0.15) is 6.29 Å². The third-order valence-electron chi connectivity index (χ3n) is 3.95. The molecule has 0 amide bonds. The van der Waals surface area contributed by atoms with Gasteiger partial charge in [0.15, 0.2) is 0 Å². The second kappa shape index (κ2) is 6.41. The van der Waals surface area contributed by atoms with Crippen LogP contribution in [-0.2, 0) is 29.7 Å². The predicted octanol–water partition coefficient (Wildman–Crippen LogP) is 2.54. The molecule has 1 aromatic carbocycles. The number of benzene rings is 1. The third-order valence-corrected chi connectivity index (χ3v) is 3.95. The normalized spacial score (nSPS) is 14.7. The molecule has 0 spiro atoms. The van der Waals surface area contributed by atoms with Crippen LogP contribution in [0.4, 0.5) is 0 Å². The van der Waals surface area contributed by atoms with Gasteiger partial charge < -0.3 is 19.4 Å². The van der Waals surface area contributed by atoms with E-state index in [1.54, 1.807) is 0 Å². The van der Waals surface area contributed by atoms with E-state index < -0.39 is 0 Å². The molecule has 0 unspecified atom stereocenters. The summed E-state index contributed by atoms with van der Waals surface area (Å²) in [7, 11) is 2.05. The smallest absolute Gasteiger partial charge is 0.122 e. The predicted molar refractivity (Wildman–Crippen MR) is 83.1 cm³/mol. The minimum atomic E-state index is 0.460. The molecule has 1 heterocycles. The van der Waals surface area contributed by atoms with Gasteiger partial charge in [-0.25, -0.2) is 0 Å². The van der Waals surface area contributed by atoms with Crippen molar-refractivity contribution in [3.05, 3.63) is 35.5 Å². The van der Waals surface area contributed by atoms with E-state index >= 15 is 0 Å². The fraction of sp³-hybridized carbons (Fsp3) is 0.471. The van der Waals surface area contributed by atoms with Crippen molar-refractivity contribution in [2.75, 3.05) is 6.61 Å². The SMILES string of the molecule is Cn1cc(COCCC=O)c2cc(CNC3CC3)ccc21. The van der Waals surface area contributed by atoms with Gasteiger partial charge in [0.25, 0.3) is 0 Å². The molecule has 0 bridgehead atoms. The van der Waals surface area contributed by atoms with E-state index in [-0.39, 0.29) is 0 Å². The Kier molecular flexibility index (Phi) is 4.36. The van der Waals surface area contributed by atoms with E-state index in [0.717, 1.165) is 18.9 Å². The van der Waals surface area contributed by atoms with Crippen molar-refractivity contribution >= 4 is 17.2 Å². The first-order valence-corrected chi connectivity index (χ1v) is 7.59. The highest BCUT2D eigenvalue weighted by atomic mass is 16.5. The van der Waals surface area contributed by atoms with E-state index in [1.807, 2.05) is 0 Å². The summed E-state index contributed by atoms with van der Waals surface area (Å²) in [6.07, 6.45) is 6.09. The number of aldehydes is 1. The molecule has 4 nitrogen and oxygen atoms in total. The van der Waals surface area contributed by atoms with Crippen LogP contribution in [0.25, 0.3) is 10.9 Å². The molecule has 0 atom stereocenters. The zero-order valence-corrected chi connectivity index (χ0v) is 12.5. The molecule has 1 aliphatic carbocycles. The summed E-state index contributed by atoms with van der Waals surface area (Å²) in [5.41, 5.74) is 3.72. The van der Waals surface area contributed by atoms with Gasteiger partial charge in [-0.3, -0.25) is 0 Å². The van der Waals surface area contributed by atoms with E-state index in [1.165, 1.54) is 34.9 Å². The van der Waals surface area contributed by atoms with E-state index in [0.29, 0.717) is 19.6 Å². The van der Waals surface area contributed by atoms with Crippen LogP contribution in [0.2, 0.25) is 0 Å². The van der Waals surface area contributed by atoms with Crippen molar-refractivity contribution in [1.82, 2.24) is 9.88 Å². The van der Waals surface area contributed by atoms with Crippen molar-refractivity contribution in [3.8, 4) is 0 Å². The zero-order chi connectivity index (χ0) is 14.7. The number of nitrogens with zero attached hydrogens (tertiary/aromatic N) is 1. The van der Waals surface area contributed by atoms with Crippen LogP contribution >= 0.6 is 0 Å². The standard InChI is InChI=1S/C17H22N2O2/c1-19-11-14(12-21-8-2-7-20)16-9-13(3-6-17(16)19)10-18-15-4-5-15/h3,6-7,9,11,15,18H,2,4-5,8,10,12H2,1H3. The van der Waals surface area contributed by atoms with Crippen LogP contribution < -0.4 is 5.32 Å². The van der Waals surface area contributed by atoms with Crippen molar-refractivity contribution in [2.45, 2.75) is 38.5 Å². The Labute approximate surface area is 125 Å². The maximum Gasteiger partial charge on any atom is 0.122 e. The molecule has 3 rings (SSSR count). The van der Waals surface area contributed by atoms with Crippen molar-refractivity contribution in [1.29, 1.82) is 0 Å². The summed E-state index contributed by atoms with van der Waals surface area (Å²) in [5.74, 6) is 0. The Morgan fingerprint density at radius 1 is 1.43 bits per heavy atom. The molecule has 2 aromatic rings. The van der Waals surface area contributed by atoms with Gasteiger partial charge in [-0.1, -0.05) is 6.07 Å². The summed E-state index contributed by atoms with van der Waals surface area (Å²) in [4.78, 5) is 10.3. The fourth-order valence-corrected chi connectivity index (χ4v) is 2.61. The highest BCUT2D eigenvalue weighted by molar-refractivity contribution is 5.84. The number of rotatable bonds is 8. The Balaban J connectivity index is 1.74. The van der Waals surface area contributed by atoms with Gasteiger partial charge in [0.05, 0.1) is 13.2 Å². The van der Waals surface area contributed by atoms with Crippen molar-refractivity contribution in [3.63, 3.8) is 0 Å². The second-order valence-corrected chi connectivity index (χ2v) is 5.78. The van der Waals surface area contributed by atoms with Crippen LogP contribution in [-0.4, -0.2) is 23.5 Å². The molecule has 1 aliphatic rings. The van der Waals surface area contributed by atoms with Gasteiger partial charge in [-0.15, -0.1) is 0 Å². The molecule has 4 heteroatoms. The molecule has 21 heavy (non-hydrogen) atoms. The molecule has 0 saturated heterocycles. The van der Waals surface area contributed by atoms with Crippen LogP contribution in [0.1, 0.15) is 30.4 Å². The Morgan fingerprint density at radius 2 is 2.29 bits per heavy atom. The highest BCUT2D eigenvalue weighted by Gasteiger charge is 2.20. The number of aromatic nitrogens is 1. The van der Waals surface area contributed by atoms with E-state index in [2.05, 4.69) is 41.3 Å². The first kappa shape index (κ1) is 14.3. The monoisotopic (exact) mass is 286 g/mol. The second-order valence-electron chi connectivity index (χ2n) is 5.78. The largest absolute Gasteiger partial charge is 0.376 e. The van der Waals surface area contributed by atoms with E-state index in [9.17, 15) is 4.79 Å². The van der Waals surface area contributed by atoms with Gasteiger partial charge in [-0.2, -0.15) is 0 Å². The number of nitrogens with one attached hydrogen (secondary N) is 1. The number of ether oxygens (including phenoxy) is 1. The number of hydrogen-bond donors (Lipinski definition) is 1. The maximum atomic E-state index is 10.3. The fourth-order valence-electron chi connectivity index (χ4n) is 2.61. The molecule has 1 fully saturated rings. The molecule has 1 N–H and O–H groups in total. The van der Waals surface area contributed by atoms with Gasteiger partial charge >= 0.3 is 0 Å². The molecular formula is C17H22N2O2. The van der Waals surface area contributed by atoms with Crippen LogP contribution in [0.3, 0.4) is 0 Å². The van der Waals surface area contributed by atoms with Gasteiger partial charge in [-0.05, 0) is 30.5 Å². The zero-order valence-electron chi connectivity index (χ0n) is 12.5. The van der Waals surface area contributed by atoms with Crippen LogP contribution in [0.5, 0.6) is 0 Å².